The van der Waals surface area contributed by atoms with Gasteiger partial charge in [-0.3, -0.25) is 9.69 Å². The molecule has 2 N–H and O–H groups in total. The normalized spacial score (nSPS) is 16.6. The van der Waals surface area contributed by atoms with E-state index in [1.54, 1.807) is 20.8 Å². The van der Waals surface area contributed by atoms with E-state index in [-0.39, 0.29) is 37.2 Å². The zero-order valence-electron chi connectivity index (χ0n) is 28.6. The number of carboxylic acids is 1. The van der Waals surface area contributed by atoms with E-state index in [1.807, 2.05) is 91.0 Å². The van der Waals surface area contributed by atoms with E-state index in [4.69, 9.17) is 18.3 Å². The first-order valence-electron chi connectivity index (χ1n) is 16.1. The second kappa shape index (κ2) is 14.4. The van der Waals surface area contributed by atoms with Gasteiger partial charge in [-0.2, -0.15) is 0 Å². The van der Waals surface area contributed by atoms with Crippen LogP contribution in [0.3, 0.4) is 0 Å². The smallest absolute Gasteiger partial charge is 0.413 e. The van der Waals surface area contributed by atoms with Gasteiger partial charge in [-0.15, -0.1) is 0 Å². The SMILES string of the molecule is Cc1oc([C@@H]2COC(C)(C)N2C(=O)OCc2ccccc2)nc1C(=O)N[C@@H](CO[Si](c1ccccc1)(c1ccccc1)C(C)(C)C)C(=O)O. The molecular formula is C37H43N3O8Si. The predicted octanol–water partition coefficient (Wildman–Crippen LogP) is 5.19. The first-order valence-corrected chi connectivity index (χ1v) is 18.1. The highest BCUT2D eigenvalue weighted by Crippen LogP contribution is 2.38. The molecule has 0 unspecified atom stereocenters. The van der Waals surface area contributed by atoms with Crippen LogP contribution in [0.4, 0.5) is 4.79 Å². The molecule has 3 aromatic carbocycles. The summed E-state index contributed by atoms with van der Waals surface area (Å²) in [6.45, 7) is 11.1. The van der Waals surface area contributed by atoms with E-state index in [0.717, 1.165) is 15.9 Å². The Morgan fingerprint density at radius 3 is 2.06 bits per heavy atom. The van der Waals surface area contributed by atoms with Gasteiger partial charge in [0.05, 0.1) is 13.2 Å². The Labute approximate surface area is 287 Å². The number of aromatic nitrogens is 1. The summed E-state index contributed by atoms with van der Waals surface area (Å²) in [5.74, 6) is -1.78. The zero-order chi connectivity index (χ0) is 35.4. The lowest BCUT2D eigenvalue weighted by atomic mass is 10.2. The molecule has 1 aliphatic heterocycles. The second-order valence-corrected chi connectivity index (χ2v) is 17.8. The number of hydrogen-bond donors (Lipinski definition) is 2. The third-order valence-electron chi connectivity index (χ3n) is 8.69. The van der Waals surface area contributed by atoms with Crippen LogP contribution in [0.5, 0.6) is 0 Å². The minimum Gasteiger partial charge on any atom is -0.480 e. The van der Waals surface area contributed by atoms with Crippen LogP contribution in [-0.2, 0) is 25.3 Å². The summed E-state index contributed by atoms with van der Waals surface area (Å²) in [7, 11) is -3.09. The molecule has 1 fully saturated rings. The molecule has 2 heterocycles. The summed E-state index contributed by atoms with van der Waals surface area (Å²) in [5.41, 5.74) is -0.326. The quantitative estimate of drug-likeness (QED) is 0.204. The maximum atomic E-state index is 13.6. The largest absolute Gasteiger partial charge is 0.480 e. The maximum Gasteiger partial charge on any atom is 0.413 e. The molecule has 0 bridgehead atoms. The molecule has 0 radical (unpaired) electrons. The Bertz CT molecular complexity index is 1720. The number of carbonyl (C=O) groups is 3. The van der Waals surface area contributed by atoms with Gasteiger partial charge < -0.3 is 28.7 Å². The van der Waals surface area contributed by atoms with Gasteiger partial charge in [0.1, 0.15) is 30.2 Å². The third-order valence-corrected chi connectivity index (χ3v) is 13.7. The van der Waals surface area contributed by atoms with Gasteiger partial charge in [-0.1, -0.05) is 112 Å². The Kier molecular flexibility index (Phi) is 10.4. The number of hydrogen-bond acceptors (Lipinski definition) is 8. The Balaban J connectivity index is 1.36. The molecule has 5 rings (SSSR count). The fourth-order valence-electron chi connectivity index (χ4n) is 6.26. The molecule has 11 nitrogen and oxygen atoms in total. The van der Waals surface area contributed by atoms with Gasteiger partial charge in [0, 0.05) is 0 Å². The van der Waals surface area contributed by atoms with Crippen LogP contribution < -0.4 is 15.7 Å². The van der Waals surface area contributed by atoms with Crippen LogP contribution in [-0.4, -0.2) is 66.3 Å². The summed E-state index contributed by atoms with van der Waals surface area (Å²) in [4.78, 5) is 45.3. The van der Waals surface area contributed by atoms with Crippen molar-refractivity contribution >= 4 is 36.7 Å². The van der Waals surface area contributed by atoms with Gasteiger partial charge >= 0.3 is 12.1 Å². The number of ether oxygens (including phenoxy) is 2. The Hall–Kier alpha value is -4.78. The molecule has 1 aliphatic rings. The van der Waals surface area contributed by atoms with Gasteiger partial charge in [0.2, 0.25) is 5.89 Å². The molecule has 49 heavy (non-hydrogen) atoms. The molecule has 2 atom stereocenters. The number of rotatable bonds is 11. The summed E-state index contributed by atoms with van der Waals surface area (Å²) >= 11 is 0. The van der Waals surface area contributed by atoms with Crippen molar-refractivity contribution in [3.63, 3.8) is 0 Å². The number of carbonyl (C=O) groups excluding carboxylic acids is 2. The molecule has 2 amide bonds. The molecule has 0 saturated carbocycles. The van der Waals surface area contributed by atoms with E-state index < -0.39 is 49.1 Å². The number of aryl methyl sites for hydroxylation is 1. The topological polar surface area (TPSA) is 140 Å². The van der Waals surface area contributed by atoms with E-state index >= 15 is 0 Å². The highest BCUT2D eigenvalue weighted by molar-refractivity contribution is 6.99. The lowest BCUT2D eigenvalue weighted by molar-refractivity contribution is -0.140. The molecule has 1 aromatic heterocycles. The van der Waals surface area contributed by atoms with E-state index in [2.05, 4.69) is 31.1 Å². The minimum absolute atomic E-state index is 0.0541. The van der Waals surface area contributed by atoms with Crippen molar-refractivity contribution in [3.05, 3.63) is 114 Å². The van der Waals surface area contributed by atoms with E-state index in [9.17, 15) is 19.5 Å². The first-order chi connectivity index (χ1) is 23.2. The predicted molar refractivity (Wildman–Crippen MR) is 185 cm³/mol. The Morgan fingerprint density at radius 2 is 1.53 bits per heavy atom. The number of amides is 2. The fraction of sp³-hybridized carbons (Fsp3) is 0.351. The highest BCUT2D eigenvalue weighted by atomic mass is 28.4. The third kappa shape index (κ3) is 7.46. The average molecular weight is 686 g/mol. The van der Waals surface area contributed by atoms with Crippen LogP contribution in [0.1, 0.15) is 68.4 Å². The number of carboxylic acid groups (broad SMARTS) is 1. The zero-order valence-corrected chi connectivity index (χ0v) is 29.6. The van der Waals surface area contributed by atoms with Gasteiger partial charge in [-0.25, -0.2) is 14.6 Å². The standard InChI is InChI=1S/C37H43N3O8Si/c1-25-31(39-33(48-25)30-24-46-37(5,6)40(30)35(44)45-22-26-16-10-7-11-17-26)32(41)38-29(34(42)43)23-47-49(36(2,3)4,27-18-12-8-13-19-27)28-20-14-9-15-21-28/h7-21,29-30H,22-24H2,1-6H3,(H,38,41)(H,42,43)/t29-,30-/m0/s1. The molecule has 1 saturated heterocycles. The maximum absolute atomic E-state index is 13.6. The van der Waals surface area contributed by atoms with Crippen molar-refractivity contribution in [3.8, 4) is 0 Å². The van der Waals surface area contributed by atoms with Crippen LogP contribution in [0, 0.1) is 6.92 Å². The van der Waals surface area contributed by atoms with E-state index in [1.165, 1.54) is 4.90 Å². The number of benzene rings is 3. The molecule has 0 spiro atoms. The highest BCUT2D eigenvalue weighted by Gasteiger charge is 2.51. The van der Waals surface area contributed by atoms with Crippen LogP contribution in [0.25, 0.3) is 0 Å². The minimum atomic E-state index is -3.09. The molecule has 4 aromatic rings. The lowest BCUT2D eigenvalue weighted by Gasteiger charge is -2.43. The van der Waals surface area contributed by atoms with Gasteiger partial charge in [0.15, 0.2) is 5.69 Å². The van der Waals surface area contributed by atoms with E-state index in [0.29, 0.717) is 0 Å². The van der Waals surface area contributed by atoms with Crippen molar-refractivity contribution in [1.29, 1.82) is 0 Å². The molecule has 258 valence electrons. The summed E-state index contributed by atoms with van der Waals surface area (Å²) in [6, 6.07) is 26.8. The van der Waals surface area contributed by atoms with Crippen molar-refractivity contribution in [2.75, 3.05) is 13.2 Å². The summed E-state index contributed by atoms with van der Waals surface area (Å²) in [5, 5.41) is 14.4. The van der Waals surface area contributed by atoms with Crippen LogP contribution in [0.2, 0.25) is 5.04 Å². The van der Waals surface area contributed by atoms with Crippen LogP contribution in [0.15, 0.2) is 95.4 Å². The number of aliphatic carboxylic acids is 1. The van der Waals surface area contributed by atoms with Crippen molar-refractivity contribution in [2.45, 2.75) is 71.0 Å². The monoisotopic (exact) mass is 685 g/mol. The lowest BCUT2D eigenvalue weighted by Crippen LogP contribution is -2.67. The number of oxazole rings is 1. The first kappa shape index (κ1) is 35.5. The van der Waals surface area contributed by atoms with Crippen molar-refractivity contribution in [2.24, 2.45) is 0 Å². The number of nitrogens with one attached hydrogen (secondary N) is 1. The molecule has 12 heteroatoms. The van der Waals surface area contributed by atoms with Crippen molar-refractivity contribution in [1.82, 2.24) is 15.2 Å². The second-order valence-electron chi connectivity index (χ2n) is 13.5. The van der Waals surface area contributed by atoms with Crippen molar-refractivity contribution < 1.29 is 37.8 Å². The van der Waals surface area contributed by atoms with Crippen LogP contribution >= 0.6 is 0 Å². The number of nitrogens with zero attached hydrogens (tertiary/aromatic N) is 2. The average Bonchev–Trinajstić information content (AvgIpc) is 3.62. The molecule has 0 aliphatic carbocycles. The molecular weight excluding hydrogens is 643 g/mol. The fourth-order valence-corrected chi connectivity index (χ4v) is 10.8. The van der Waals surface area contributed by atoms with Gasteiger partial charge in [-0.05, 0) is 41.7 Å². The van der Waals surface area contributed by atoms with Gasteiger partial charge in [0.25, 0.3) is 14.2 Å². The summed E-state index contributed by atoms with van der Waals surface area (Å²) in [6.07, 6.45) is -0.635. The summed E-state index contributed by atoms with van der Waals surface area (Å²) < 4.78 is 24.2. The Morgan fingerprint density at radius 1 is 0.980 bits per heavy atom.